The summed E-state index contributed by atoms with van der Waals surface area (Å²) in [5.74, 6) is -1.29. The smallest absolute Gasteiger partial charge is 0.239 e. The summed E-state index contributed by atoms with van der Waals surface area (Å²) in [7, 11) is 0. The van der Waals surface area contributed by atoms with Crippen molar-refractivity contribution in [1.29, 1.82) is 0 Å². The van der Waals surface area contributed by atoms with Crippen LogP contribution >= 0.6 is 0 Å². The van der Waals surface area contributed by atoms with Crippen LogP contribution in [0.15, 0.2) is 48.5 Å². The predicted octanol–water partition coefficient (Wildman–Crippen LogP) is 3.45. The van der Waals surface area contributed by atoms with Gasteiger partial charge < -0.3 is 16.0 Å². The number of hydrogen-bond donors (Lipinski definition) is 3. The maximum absolute atomic E-state index is 12.6. The quantitative estimate of drug-likeness (QED) is 0.526. The zero-order valence-corrected chi connectivity index (χ0v) is 16.3. The maximum Gasteiger partial charge on any atom is 0.239 e. The van der Waals surface area contributed by atoms with Gasteiger partial charge in [-0.2, -0.15) is 0 Å². The van der Waals surface area contributed by atoms with E-state index in [1.54, 1.807) is 48.5 Å². The van der Waals surface area contributed by atoms with E-state index in [1.807, 2.05) is 0 Å². The van der Waals surface area contributed by atoms with Crippen molar-refractivity contribution in [3.8, 4) is 0 Å². The minimum absolute atomic E-state index is 0.115. The summed E-state index contributed by atoms with van der Waals surface area (Å²) in [5.41, 5.74) is 0.659. The Balaban J connectivity index is 2.06. The molecule has 0 aliphatic heterocycles. The first-order valence-corrected chi connectivity index (χ1v) is 8.71. The van der Waals surface area contributed by atoms with Gasteiger partial charge >= 0.3 is 0 Å². The third-order valence-corrected chi connectivity index (χ3v) is 4.13. The topological polar surface area (TPSA) is 104 Å². The number of nitrogens with one attached hydrogen (secondary N) is 3. The van der Waals surface area contributed by atoms with Crippen LogP contribution in [0.25, 0.3) is 0 Å². The SMILES string of the molecule is CC(=O)Nc1ccc(NC(=O)C(C)(C)C(=O)Nc2cccc(C(C)=O)c2)cc1. The number of rotatable bonds is 6. The number of carbonyl (C=O) groups excluding carboxylic acids is 4. The third kappa shape index (κ3) is 5.26. The Labute approximate surface area is 163 Å². The minimum Gasteiger partial charge on any atom is -0.326 e. The second-order valence-corrected chi connectivity index (χ2v) is 6.93. The van der Waals surface area contributed by atoms with E-state index in [2.05, 4.69) is 16.0 Å². The Morgan fingerprint density at radius 3 is 1.71 bits per heavy atom. The van der Waals surface area contributed by atoms with Crippen LogP contribution in [0.1, 0.15) is 38.1 Å². The van der Waals surface area contributed by atoms with Gasteiger partial charge in [0.2, 0.25) is 17.7 Å². The van der Waals surface area contributed by atoms with Gasteiger partial charge in [0.25, 0.3) is 0 Å². The van der Waals surface area contributed by atoms with Crippen molar-refractivity contribution in [3.63, 3.8) is 0 Å². The molecule has 3 N–H and O–H groups in total. The molecule has 0 radical (unpaired) electrons. The molecule has 28 heavy (non-hydrogen) atoms. The molecular formula is C21H23N3O4. The number of anilines is 3. The molecule has 7 heteroatoms. The van der Waals surface area contributed by atoms with Crippen LogP contribution in [0.5, 0.6) is 0 Å². The molecule has 0 aliphatic rings. The second kappa shape index (κ2) is 8.47. The van der Waals surface area contributed by atoms with Crippen molar-refractivity contribution in [1.82, 2.24) is 0 Å². The summed E-state index contributed by atoms with van der Waals surface area (Å²) in [4.78, 5) is 47.7. The number of carbonyl (C=O) groups is 4. The monoisotopic (exact) mass is 381 g/mol. The molecule has 3 amide bonds. The second-order valence-electron chi connectivity index (χ2n) is 6.93. The van der Waals surface area contributed by atoms with Crippen LogP contribution in [-0.2, 0) is 14.4 Å². The van der Waals surface area contributed by atoms with Gasteiger partial charge in [-0.1, -0.05) is 12.1 Å². The molecule has 2 rings (SSSR count). The highest BCUT2D eigenvalue weighted by molar-refractivity contribution is 6.14. The summed E-state index contributed by atoms with van der Waals surface area (Å²) in [6.45, 7) is 5.87. The first-order chi connectivity index (χ1) is 13.1. The van der Waals surface area contributed by atoms with Crippen LogP contribution in [-0.4, -0.2) is 23.5 Å². The number of benzene rings is 2. The van der Waals surface area contributed by atoms with Gasteiger partial charge in [-0.15, -0.1) is 0 Å². The van der Waals surface area contributed by atoms with E-state index in [-0.39, 0.29) is 11.7 Å². The maximum atomic E-state index is 12.6. The molecule has 0 unspecified atom stereocenters. The van der Waals surface area contributed by atoms with Crippen molar-refractivity contribution < 1.29 is 19.2 Å². The molecule has 0 atom stereocenters. The highest BCUT2D eigenvalue weighted by Crippen LogP contribution is 2.23. The average Bonchev–Trinajstić information content (AvgIpc) is 2.63. The number of Topliss-reactive ketones (excluding diaryl/α,β-unsaturated/α-hetero) is 1. The van der Waals surface area contributed by atoms with Gasteiger partial charge in [0.15, 0.2) is 5.78 Å². The molecule has 2 aromatic carbocycles. The van der Waals surface area contributed by atoms with E-state index in [4.69, 9.17) is 0 Å². The third-order valence-electron chi connectivity index (χ3n) is 4.13. The lowest BCUT2D eigenvalue weighted by atomic mass is 9.90. The fourth-order valence-corrected chi connectivity index (χ4v) is 2.33. The van der Waals surface area contributed by atoms with Crippen LogP contribution < -0.4 is 16.0 Å². The van der Waals surface area contributed by atoms with E-state index in [9.17, 15) is 19.2 Å². The molecule has 146 valence electrons. The summed E-state index contributed by atoms with van der Waals surface area (Å²) < 4.78 is 0. The largest absolute Gasteiger partial charge is 0.326 e. The van der Waals surface area contributed by atoms with Crippen molar-refractivity contribution in [2.75, 3.05) is 16.0 Å². The van der Waals surface area contributed by atoms with Gasteiger partial charge in [0.05, 0.1) is 0 Å². The molecule has 0 saturated heterocycles. The summed E-state index contributed by atoms with van der Waals surface area (Å²) in [5, 5.41) is 8.00. The Morgan fingerprint density at radius 1 is 0.714 bits per heavy atom. The van der Waals surface area contributed by atoms with Crippen molar-refractivity contribution in [2.45, 2.75) is 27.7 Å². The Bertz CT molecular complexity index is 918. The normalized spacial score (nSPS) is 10.7. The van der Waals surface area contributed by atoms with E-state index < -0.39 is 17.2 Å². The lowest BCUT2D eigenvalue weighted by Crippen LogP contribution is -2.41. The van der Waals surface area contributed by atoms with Crippen LogP contribution in [0, 0.1) is 5.41 Å². The molecule has 0 bridgehead atoms. The van der Waals surface area contributed by atoms with Crippen molar-refractivity contribution >= 4 is 40.6 Å². The first kappa shape index (κ1) is 20.8. The standard InChI is InChI=1S/C21H23N3O4/c1-13(25)15-6-5-7-18(12-15)24-20(28)21(3,4)19(27)23-17-10-8-16(9-11-17)22-14(2)26/h5-12H,1-4H3,(H,22,26)(H,23,27)(H,24,28). The van der Waals surface area contributed by atoms with E-state index in [1.165, 1.54) is 27.7 Å². The minimum atomic E-state index is -1.36. The highest BCUT2D eigenvalue weighted by Gasteiger charge is 2.36. The van der Waals surface area contributed by atoms with E-state index in [0.717, 1.165) is 0 Å². The van der Waals surface area contributed by atoms with Gasteiger partial charge in [-0.05, 0) is 57.2 Å². The zero-order chi connectivity index (χ0) is 20.9. The summed E-state index contributed by atoms with van der Waals surface area (Å²) >= 11 is 0. The average molecular weight is 381 g/mol. The Kier molecular flexibility index (Phi) is 6.30. The summed E-state index contributed by atoms with van der Waals surface area (Å²) in [6, 6.07) is 13.1. The Morgan fingerprint density at radius 2 is 1.21 bits per heavy atom. The van der Waals surface area contributed by atoms with E-state index in [0.29, 0.717) is 22.6 Å². The zero-order valence-electron chi connectivity index (χ0n) is 16.3. The number of hydrogen-bond acceptors (Lipinski definition) is 4. The van der Waals surface area contributed by atoms with Crippen LogP contribution in [0.3, 0.4) is 0 Å². The van der Waals surface area contributed by atoms with E-state index >= 15 is 0 Å². The Hall–Kier alpha value is -3.48. The molecule has 0 aliphatic carbocycles. The molecule has 7 nitrogen and oxygen atoms in total. The van der Waals surface area contributed by atoms with Crippen LogP contribution in [0.4, 0.5) is 17.1 Å². The lowest BCUT2D eigenvalue weighted by Gasteiger charge is -2.23. The molecule has 0 spiro atoms. The number of amides is 3. The molecule has 0 saturated carbocycles. The highest BCUT2D eigenvalue weighted by atomic mass is 16.2. The number of ketones is 1. The van der Waals surface area contributed by atoms with Gasteiger partial charge in [-0.25, -0.2) is 0 Å². The first-order valence-electron chi connectivity index (χ1n) is 8.71. The van der Waals surface area contributed by atoms with Gasteiger partial charge in [0, 0.05) is 29.5 Å². The predicted molar refractivity (Wildman–Crippen MR) is 108 cm³/mol. The molecular weight excluding hydrogens is 358 g/mol. The summed E-state index contributed by atoms with van der Waals surface area (Å²) in [6.07, 6.45) is 0. The van der Waals surface area contributed by atoms with Crippen LogP contribution in [0.2, 0.25) is 0 Å². The fourth-order valence-electron chi connectivity index (χ4n) is 2.33. The van der Waals surface area contributed by atoms with Crippen molar-refractivity contribution in [3.05, 3.63) is 54.1 Å². The van der Waals surface area contributed by atoms with Crippen molar-refractivity contribution in [2.24, 2.45) is 5.41 Å². The van der Waals surface area contributed by atoms with Gasteiger partial charge in [0.1, 0.15) is 5.41 Å². The lowest BCUT2D eigenvalue weighted by molar-refractivity contribution is -0.135. The fraction of sp³-hybridized carbons (Fsp3) is 0.238. The molecule has 0 heterocycles. The van der Waals surface area contributed by atoms with Gasteiger partial charge in [-0.3, -0.25) is 19.2 Å². The molecule has 2 aromatic rings. The molecule has 0 fully saturated rings. The molecule has 0 aromatic heterocycles.